The van der Waals surface area contributed by atoms with Crippen molar-refractivity contribution >= 4 is 16.6 Å². The maximum Gasteiger partial charge on any atom is 0.141 e. The summed E-state index contributed by atoms with van der Waals surface area (Å²) in [5.41, 5.74) is 3.18. The Bertz CT molecular complexity index is 794. The van der Waals surface area contributed by atoms with Gasteiger partial charge in [-0.05, 0) is 44.2 Å². The molecule has 2 N–H and O–H groups in total. The van der Waals surface area contributed by atoms with Crippen LogP contribution in [0.4, 0.5) is 0 Å². The number of fused-ring (bicyclic) bond motifs is 3. The first-order valence-electron chi connectivity index (χ1n) is 8.62. The van der Waals surface area contributed by atoms with Gasteiger partial charge in [-0.15, -0.1) is 5.10 Å². The van der Waals surface area contributed by atoms with Crippen molar-refractivity contribution in [2.45, 2.75) is 51.5 Å². The SMILES string of the molecule is CC(C)NCC1CCC(c2nnn3cnc4[nH]ccc4c23)CC1. The van der Waals surface area contributed by atoms with Gasteiger partial charge < -0.3 is 10.3 Å². The lowest BCUT2D eigenvalue weighted by molar-refractivity contribution is 0.306. The van der Waals surface area contributed by atoms with E-state index in [1.165, 1.54) is 25.7 Å². The van der Waals surface area contributed by atoms with Crippen molar-refractivity contribution in [1.82, 2.24) is 30.1 Å². The van der Waals surface area contributed by atoms with Crippen molar-refractivity contribution in [3.05, 3.63) is 24.3 Å². The van der Waals surface area contributed by atoms with E-state index < -0.39 is 0 Å². The number of hydrogen-bond donors (Lipinski definition) is 2. The van der Waals surface area contributed by atoms with Gasteiger partial charge in [-0.3, -0.25) is 0 Å². The third kappa shape index (κ3) is 2.72. The van der Waals surface area contributed by atoms with Crippen LogP contribution >= 0.6 is 0 Å². The van der Waals surface area contributed by atoms with Gasteiger partial charge in [0.05, 0.1) is 5.69 Å². The van der Waals surface area contributed by atoms with E-state index in [-0.39, 0.29) is 0 Å². The van der Waals surface area contributed by atoms with Crippen molar-refractivity contribution in [2.75, 3.05) is 6.54 Å². The predicted molar refractivity (Wildman–Crippen MR) is 90.5 cm³/mol. The van der Waals surface area contributed by atoms with Crippen LogP contribution < -0.4 is 5.32 Å². The van der Waals surface area contributed by atoms with E-state index in [1.54, 1.807) is 6.33 Å². The lowest BCUT2D eigenvalue weighted by atomic mass is 9.80. The third-order valence-corrected chi connectivity index (χ3v) is 5.05. The van der Waals surface area contributed by atoms with Gasteiger partial charge in [0.15, 0.2) is 0 Å². The fourth-order valence-electron chi connectivity index (χ4n) is 3.74. The van der Waals surface area contributed by atoms with Crippen LogP contribution in [0.5, 0.6) is 0 Å². The van der Waals surface area contributed by atoms with E-state index in [0.29, 0.717) is 12.0 Å². The highest BCUT2D eigenvalue weighted by Crippen LogP contribution is 2.37. The van der Waals surface area contributed by atoms with Crippen LogP contribution in [0.2, 0.25) is 0 Å². The Labute approximate surface area is 135 Å². The summed E-state index contributed by atoms with van der Waals surface area (Å²) < 4.78 is 1.82. The second-order valence-electron chi connectivity index (χ2n) is 7.03. The summed E-state index contributed by atoms with van der Waals surface area (Å²) in [5, 5.41) is 13.5. The monoisotopic (exact) mass is 312 g/mol. The molecule has 6 nitrogen and oxygen atoms in total. The molecule has 1 aliphatic carbocycles. The summed E-state index contributed by atoms with van der Waals surface area (Å²) in [4.78, 5) is 7.56. The number of aromatic amines is 1. The minimum absolute atomic E-state index is 0.517. The van der Waals surface area contributed by atoms with Gasteiger partial charge in [0.1, 0.15) is 17.5 Å². The van der Waals surface area contributed by atoms with Crippen LogP contribution in [-0.4, -0.2) is 37.4 Å². The molecule has 0 bridgehead atoms. The van der Waals surface area contributed by atoms with Gasteiger partial charge >= 0.3 is 0 Å². The first-order chi connectivity index (χ1) is 11.2. The molecule has 6 heteroatoms. The largest absolute Gasteiger partial charge is 0.346 e. The number of nitrogens with zero attached hydrogens (tertiary/aromatic N) is 4. The molecule has 1 aliphatic rings. The second kappa shape index (κ2) is 5.92. The minimum Gasteiger partial charge on any atom is -0.346 e. The van der Waals surface area contributed by atoms with Gasteiger partial charge in [0.25, 0.3) is 0 Å². The third-order valence-electron chi connectivity index (χ3n) is 5.05. The molecule has 0 spiro atoms. The maximum absolute atomic E-state index is 4.49. The Morgan fingerprint density at radius 2 is 2.13 bits per heavy atom. The van der Waals surface area contributed by atoms with E-state index >= 15 is 0 Å². The summed E-state index contributed by atoms with van der Waals surface area (Å²) in [6.45, 7) is 5.56. The van der Waals surface area contributed by atoms with Gasteiger partial charge in [0, 0.05) is 23.5 Å². The van der Waals surface area contributed by atoms with Crippen LogP contribution in [0.1, 0.15) is 51.1 Å². The van der Waals surface area contributed by atoms with Crippen LogP contribution in [0.3, 0.4) is 0 Å². The molecule has 1 fully saturated rings. The Balaban J connectivity index is 1.55. The first kappa shape index (κ1) is 14.6. The average Bonchev–Trinajstić information content (AvgIpc) is 3.19. The number of aromatic nitrogens is 5. The zero-order valence-electron chi connectivity index (χ0n) is 13.8. The van der Waals surface area contributed by atoms with Crippen molar-refractivity contribution < 1.29 is 0 Å². The Morgan fingerprint density at radius 1 is 1.30 bits per heavy atom. The molecular weight excluding hydrogens is 288 g/mol. The summed E-state index contributed by atoms with van der Waals surface area (Å²) in [7, 11) is 0. The highest BCUT2D eigenvalue weighted by atomic mass is 15.4. The maximum atomic E-state index is 4.49. The molecule has 0 radical (unpaired) electrons. The predicted octanol–water partition coefficient (Wildman–Crippen LogP) is 2.88. The Morgan fingerprint density at radius 3 is 2.91 bits per heavy atom. The van der Waals surface area contributed by atoms with Gasteiger partial charge in [-0.2, -0.15) is 0 Å². The number of rotatable bonds is 4. The molecule has 4 rings (SSSR count). The van der Waals surface area contributed by atoms with Gasteiger partial charge in [-0.1, -0.05) is 19.1 Å². The second-order valence-corrected chi connectivity index (χ2v) is 7.03. The van der Waals surface area contributed by atoms with Crippen molar-refractivity contribution in [2.24, 2.45) is 5.92 Å². The molecule has 1 saturated carbocycles. The minimum atomic E-state index is 0.517. The summed E-state index contributed by atoms with van der Waals surface area (Å²) in [5.74, 6) is 1.31. The number of hydrogen-bond acceptors (Lipinski definition) is 4. The fraction of sp³-hybridized carbons (Fsp3) is 0.588. The van der Waals surface area contributed by atoms with E-state index in [9.17, 15) is 0 Å². The van der Waals surface area contributed by atoms with Gasteiger partial charge in [0.2, 0.25) is 0 Å². The zero-order valence-corrected chi connectivity index (χ0v) is 13.8. The molecule has 23 heavy (non-hydrogen) atoms. The number of nitrogens with one attached hydrogen (secondary N) is 2. The van der Waals surface area contributed by atoms with E-state index in [1.807, 2.05) is 10.7 Å². The Hall–Kier alpha value is -1.95. The molecule has 0 saturated heterocycles. The quantitative estimate of drug-likeness (QED) is 0.777. The molecular formula is C17H24N6. The standard InChI is InChI=1S/C17H24N6/c1-11(2)19-9-12-3-5-13(6-4-12)15-16-14-7-8-18-17(14)20-10-23(16)22-21-15/h7-8,10-13,18-19H,3-6,9H2,1-2H3. The van der Waals surface area contributed by atoms with Crippen LogP contribution in [-0.2, 0) is 0 Å². The van der Waals surface area contributed by atoms with Crippen molar-refractivity contribution in [3.63, 3.8) is 0 Å². The topological polar surface area (TPSA) is 70.9 Å². The van der Waals surface area contributed by atoms with E-state index in [4.69, 9.17) is 0 Å². The molecule has 3 heterocycles. The van der Waals surface area contributed by atoms with Gasteiger partial charge in [-0.25, -0.2) is 9.50 Å². The Kier molecular flexibility index (Phi) is 3.77. The van der Waals surface area contributed by atoms with Crippen LogP contribution in [0.15, 0.2) is 18.6 Å². The summed E-state index contributed by atoms with van der Waals surface area (Å²) in [6, 6.07) is 2.64. The normalized spacial score (nSPS) is 22.4. The molecule has 3 aromatic rings. The highest BCUT2D eigenvalue weighted by molar-refractivity contribution is 5.92. The van der Waals surface area contributed by atoms with Crippen LogP contribution in [0.25, 0.3) is 16.6 Å². The molecule has 0 aromatic carbocycles. The summed E-state index contributed by atoms with van der Waals surface area (Å²) in [6.07, 6.45) is 8.63. The van der Waals surface area contributed by atoms with Crippen molar-refractivity contribution in [3.8, 4) is 0 Å². The molecule has 122 valence electrons. The fourth-order valence-corrected chi connectivity index (χ4v) is 3.74. The lowest BCUT2D eigenvalue weighted by Gasteiger charge is -2.28. The molecule has 0 unspecified atom stereocenters. The molecule has 0 atom stereocenters. The zero-order chi connectivity index (χ0) is 15.8. The smallest absolute Gasteiger partial charge is 0.141 e. The van der Waals surface area contributed by atoms with E-state index in [2.05, 4.69) is 45.5 Å². The average molecular weight is 312 g/mol. The number of H-pyrrole nitrogens is 1. The van der Waals surface area contributed by atoms with E-state index in [0.717, 1.165) is 34.7 Å². The van der Waals surface area contributed by atoms with Crippen molar-refractivity contribution in [1.29, 1.82) is 0 Å². The van der Waals surface area contributed by atoms with Crippen LogP contribution in [0, 0.1) is 5.92 Å². The lowest BCUT2D eigenvalue weighted by Crippen LogP contribution is -2.30. The molecule has 0 amide bonds. The molecule has 3 aromatic heterocycles. The molecule has 0 aliphatic heterocycles. The highest BCUT2D eigenvalue weighted by Gasteiger charge is 2.26. The first-order valence-corrected chi connectivity index (χ1v) is 8.62. The summed E-state index contributed by atoms with van der Waals surface area (Å²) >= 11 is 0.